The molecule has 7 nitrogen and oxygen atoms in total. The molecule has 9 heteroatoms. The number of piperazine rings is 1. The lowest BCUT2D eigenvalue weighted by Crippen LogP contribution is -2.49. The highest BCUT2D eigenvalue weighted by atomic mass is 127. The molecular weight excluding hydrogens is 499 g/mol. The van der Waals surface area contributed by atoms with Crippen LogP contribution in [0.3, 0.4) is 0 Å². The van der Waals surface area contributed by atoms with Crippen LogP contribution in [0.1, 0.15) is 16.9 Å². The first-order valence-electron chi connectivity index (χ1n) is 9.58. The Bertz CT molecular complexity index is 789. The van der Waals surface area contributed by atoms with E-state index >= 15 is 0 Å². The van der Waals surface area contributed by atoms with E-state index in [4.69, 9.17) is 0 Å². The predicted octanol–water partition coefficient (Wildman–Crippen LogP) is 2.47. The molecule has 2 N–H and O–H groups in total. The molecular formula is C20H29IN6OS. The van der Waals surface area contributed by atoms with E-state index in [9.17, 15) is 4.79 Å². The van der Waals surface area contributed by atoms with Gasteiger partial charge in [-0.3, -0.25) is 9.79 Å². The Hall–Kier alpha value is -1.88. The molecule has 158 valence electrons. The zero-order valence-electron chi connectivity index (χ0n) is 16.9. The number of thiophene rings is 1. The molecule has 1 aliphatic heterocycles. The molecule has 29 heavy (non-hydrogen) atoms. The molecule has 1 amide bonds. The van der Waals surface area contributed by atoms with E-state index in [-0.39, 0.29) is 29.9 Å². The lowest BCUT2D eigenvalue weighted by Gasteiger charge is -2.35. The third kappa shape index (κ3) is 6.84. The predicted molar refractivity (Wildman–Crippen MR) is 130 cm³/mol. The molecule has 0 bridgehead atoms. The molecule has 1 fully saturated rings. The third-order valence-electron chi connectivity index (χ3n) is 4.85. The molecule has 0 radical (unpaired) electrons. The number of pyridine rings is 1. The zero-order valence-corrected chi connectivity index (χ0v) is 20.1. The second-order valence-electron chi connectivity index (χ2n) is 6.69. The van der Waals surface area contributed by atoms with Gasteiger partial charge in [-0.25, -0.2) is 4.98 Å². The lowest BCUT2D eigenvalue weighted by molar-refractivity contribution is -0.131. The number of aliphatic imine (C=N–C) groups is 1. The normalized spacial score (nSPS) is 14.3. The number of halogens is 1. The van der Waals surface area contributed by atoms with Crippen LogP contribution < -0.4 is 15.5 Å². The average molecular weight is 528 g/mol. The van der Waals surface area contributed by atoms with Gasteiger partial charge in [0.2, 0.25) is 5.91 Å². The quantitative estimate of drug-likeness (QED) is 0.343. The maximum absolute atomic E-state index is 12.5. The van der Waals surface area contributed by atoms with Crippen LogP contribution in [0.5, 0.6) is 0 Å². The topological polar surface area (TPSA) is 72.9 Å². The summed E-state index contributed by atoms with van der Waals surface area (Å²) in [4.78, 5) is 26.6. The van der Waals surface area contributed by atoms with E-state index < -0.39 is 0 Å². The number of aromatic nitrogens is 1. The lowest BCUT2D eigenvalue weighted by atomic mass is 10.2. The van der Waals surface area contributed by atoms with Crippen molar-refractivity contribution in [1.82, 2.24) is 20.5 Å². The van der Waals surface area contributed by atoms with Crippen LogP contribution >= 0.6 is 35.3 Å². The summed E-state index contributed by atoms with van der Waals surface area (Å²) >= 11 is 1.73. The summed E-state index contributed by atoms with van der Waals surface area (Å²) in [5, 5.41) is 8.62. The standard InChI is InChI=1S/C20H28N6OS.HI/c1-16-7-14-28-17(16)15-24-20(21-2)23-9-6-19(27)26-12-10-25(11-13-26)18-5-3-4-8-22-18;/h3-5,7-8,14H,6,9-13,15H2,1-2H3,(H2,21,23,24);1H. The van der Waals surface area contributed by atoms with Crippen molar-refractivity contribution < 1.29 is 4.79 Å². The summed E-state index contributed by atoms with van der Waals surface area (Å²) in [5.41, 5.74) is 1.29. The van der Waals surface area contributed by atoms with Crippen LogP contribution in [0.25, 0.3) is 0 Å². The number of aryl methyl sites for hydroxylation is 1. The summed E-state index contributed by atoms with van der Waals surface area (Å²) in [5.74, 6) is 1.88. The Labute approximate surface area is 193 Å². The number of amides is 1. The van der Waals surface area contributed by atoms with Gasteiger partial charge in [-0.15, -0.1) is 35.3 Å². The van der Waals surface area contributed by atoms with Crippen molar-refractivity contribution in [2.45, 2.75) is 19.9 Å². The van der Waals surface area contributed by atoms with E-state index in [0.717, 1.165) is 44.5 Å². The van der Waals surface area contributed by atoms with Gasteiger partial charge in [0, 0.05) is 57.3 Å². The molecule has 2 aromatic rings. The summed E-state index contributed by atoms with van der Waals surface area (Å²) in [6.07, 6.45) is 2.27. The van der Waals surface area contributed by atoms with Gasteiger partial charge in [-0.1, -0.05) is 6.07 Å². The van der Waals surface area contributed by atoms with Gasteiger partial charge in [0.05, 0.1) is 6.54 Å². The monoisotopic (exact) mass is 528 g/mol. The van der Waals surface area contributed by atoms with Crippen molar-refractivity contribution in [3.63, 3.8) is 0 Å². The van der Waals surface area contributed by atoms with Crippen LogP contribution in [0.15, 0.2) is 40.8 Å². The summed E-state index contributed by atoms with van der Waals surface area (Å²) in [6, 6.07) is 8.04. The van der Waals surface area contributed by atoms with Crippen LogP contribution in [-0.4, -0.2) is 61.5 Å². The van der Waals surface area contributed by atoms with Gasteiger partial charge in [0.15, 0.2) is 5.96 Å². The Morgan fingerprint density at radius 2 is 2.00 bits per heavy atom. The zero-order chi connectivity index (χ0) is 19.8. The van der Waals surface area contributed by atoms with E-state index in [1.54, 1.807) is 24.6 Å². The molecule has 0 unspecified atom stereocenters. The number of nitrogens with zero attached hydrogens (tertiary/aromatic N) is 4. The van der Waals surface area contributed by atoms with Gasteiger partial charge in [0.1, 0.15) is 5.82 Å². The number of guanidine groups is 1. The number of rotatable bonds is 6. The van der Waals surface area contributed by atoms with E-state index in [0.29, 0.717) is 13.0 Å². The average Bonchev–Trinajstić information content (AvgIpc) is 3.16. The van der Waals surface area contributed by atoms with Crippen molar-refractivity contribution in [1.29, 1.82) is 0 Å². The van der Waals surface area contributed by atoms with Gasteiger partial charge < -0.3 is 20.4 Å². The van der Waals surface area contributed by atoms with Crippen molar-refractivity contribution in [2.75, 3.05) is 44.7 Å². The molecule has 2 aromatic heterocycles. The highest BCUT2D eigenvalue weighted by molar-refractivity contribution is 14.0. The van der Waals surface area contributed by atoms with Gasteiger partial charge in [-0.05, 0) is 36.1 Å². The smallest absolute Gasteiger partial charge is 0.224 e. The number of hydrogen-bond acceptors (Lipinski definition) is 5. The van der Waals surface area contributed by atoms with Crippen molar-refractivity contribution >= 4 is 53.0 Å². The fraction of sp³-hybridized carbons (Fsp3) is 0.450. The SMILES string of the molecule is CN=C(NCCC(=O)N1CCN(c2ccccn2)CC1)NCc1sccc1C.I. The molecule has 0 spiro atoms. The van der Waals surface area contributed by atoms with Crippen LogP contribution in [-0.2, 0) is 11.3 Å². The summed E-state index contributed by atoms with van der Waals surface area (Å²) in [7, 11) is 1.75. The molecule has 3 rings (SSSR count). The Balaban J connectivity index is 0.00000300. The van der Waals surface area contributed by atoms with E-state index in [2.05, 4.69) is 43.9 Å². The minimum Gasteiger partial charge on any atom is -0.356 e. The van der Waals surface area contributed by atoms with Gasteiger partial charge >= 0.3 is 0 Å². The maximum Gasteiger partial charge on any atom is 0.224 e. The molecule has 0 aliphatic carbocycles. The minimum absolute atomic E-state index is 0. The fourth-order valence-electron chi connectivity index (χ4n) is 3.14. The molecule has 3 heterocycles. The Morgan fingerprint density at radius 3 is 2.62 bits per heavy atom. The highest BCUT2D eigenvalue weighted by Crippen LogP contribution is 2.15. The molecule has 0 saturated carbocycles. The molecule has 1 saturated heterocycles. The van der Waals surface area contributed by atoms with Crippen molar-refractivity contribution in [3.05, 3.63) is 46.3 Å². The first-order chi connectivity index (χ1) is 13.7. The highest BCUT2D eigenvalue weighted by Gasteiger charge is 2.21. The maximum atomic E-state index is 12.5. The molecule has 1 aliphatic rings. The molecule has 0 atom stereocenters. The van der Waals surface area contributed by atoms with Crippen LogP contribution in [0.4, 0.5) is 5.82 Å². The number of anilines is 1. The first kappa shape index (κ1) is 23.4. The van der Waals surface area contributed by atoms with Gasteiger partial charge in [-0.2, -0.15) is 0 Å². The van der Waals surface area contributed by atoms with Crippen molar-refractivity contribution in [2.24, 2.45) is 4.99 Å². The second kappa shape index (κ2) is 12.0. The first-order valence-corrected chi connectivity index (χ1v) is 10.5. The van der Waals surface area contributed by atoms with Crippen molar-refractivity contribution in [3.8, 4) is 0 Å². The van der Waals surface area contributed by atoms with Gasteiger partial charge in [0.25, 0.3) is 0 Å². The summed E-state index contributed by atoms with van der Waals surface area (Å²) in [6.45, 7) is 6.53. The molecule has 0 aromatic carbocycles. The second-order valence-corrected chi connectivity index (χ2v) is 7.69. The largest absolute Gasteiger partial charge is 0.356 e. The minimum atomic E-state index is 0. The Kier molecular flexibility index (Phi) is 9.65. The third-order valence-corrected chi connectivity index (χ3v) is 5.87. The number of nitrogens with one attached hydrogen (secondary N) is 2. The van der Waals surface area contributed by atoms with E-state index in [1.807, 2.05) is 23.1 Å². The van der Waals surface area contributed by atoms with E-state index in [1.165, 1.54) is 10.4 Å². The number of carbonyl (C=O) groups is 1. The summed E-state index contributed by atoms with van der Waals surface area (Å²) < 4.78 is 0. The Morgan fingerprint density at radius 1 is 1.21 bits per heavy atom. The number of hydrogen-bond donors (Lipinski definition) is 2. The van der Waals surface area contributed by atoms with Crippen LogP contribution in [0, 0.1) is 6.92 Å². The number of carbonyl (C=O) groups excluding carboxylic acids is 1. The fourth-order valence-corrected chi connectivity index (χ4v) is 3.99. The van der Waals surface area contributed by atoms with Crippen LogP contribution in [0.2, 0.25) is 0 Å².